The number of amides is 2. The van der Waals surface area contributed by atoms with E-state index in [4.69, 9.17) is 9.47 Å². The zero-order valence-corrected chi connectivity index (χ0v) is 15.0. The number of rotatable bonds is 8. The number of nitrogens with one attached hydrogen (secondary N) is 2. The summed E-state index contributed by atoms with van der Waals surface area (Å²) in [5.74, 6) is 0.955. The standard InChI is InChI=1S/C21H19N3O4/c25-20(14-27-17-7-3-1-4-8-17)23-16-11-12-19(22-13-16)24-21(26)15-28-18-9-5-2-6-10-18/h1-13H,14-15H2,(H,23,25)(H,22,24,26). The van der Waals surface area contributed by atoms with Crippen LogP contribution in [0.4, 0.5) is 11.5 Å². The molecule has 3 rings (SSSR count). The van der Waals surface area contributed by atoms with Crippen LogP contribution in [0, 0.1) is 0 Å². The number of ether oxygens (including phenoxy) is 2. The molecule has 0 aliphatic rings. The number of benzene rings is 2. The van der Waals surface area contributed by atoms with Gasteiger partial charge in [-0.15, -0.1) is 0 Å². The summed E-state index contributed by atoms with van der Waals surface area (Å²) >= 11 is 0. The lowest BCUT2D eigenvalue weighted by Gasteiger charge is -2.09. The van der Waals surface area contributed by atoms with Crippen LogP contribution >= 0.6 is 0 Å². The maximum Gasteiger partial charge on any atom is 0.263 e. The van der Waals surface area contributed by atoms with Gasteiger partial charge in [-0.25, -0.2) is 4.98 Å². The Labute approximate surface area is 162 Å². The molecule has 28 heavy (non-hydrogen) atoms. The van der Waals surface area contributed by atoms with Crippen LogP contribution in [0.3, 0.4) is 0 Å². The summed E-state index contributed by atoms with van der Waals surface area (Å²) < 4.78 is 10.7. The Balaban J connectivity index is 1.42. The molecule has 3 aromatic rings. The van der Waals surface area contributed by atoms with E-state index in [0.29, 0.717) is 23.0 Å². The highest BCUT2D eigenvalue weighted by Crippen LogP contribution is 2.12. The second-order valence-corrected chi connectivity index (χ2v) is 5.73. The van der Waals surface area contributed by atoms with E-state index in [1.54, 1.807) is 36.4 Å². The Morgan fingerprint density at radius 1 is 0.714 bits per heavy atom. The van der Waals surface area contributed by atoms with Gasteiger partial charge in [0, 0.05) is 0 Å². The molecule has 2 N–H and O–H groups in total. The van der Waals surface area contributed by atoms with Crippen LogP contribution in [0.15, 0.2) is 79.0 Å². The zero-order valence-electron chi connectivity index (χ0n) is 15.0. The molecule has 0 saturated carbocycles. The van der Waals surface area contributed by atoms with Gasteiger partial charge >= 0.3 is 0 Å². The van der Waals surface area contributed by atoms with Gasteiger partial charge in [0.15, 0.2) is 13.2 Å². The minimum atomic E-state index is -0.329. The number of carbonyl (C=O) groups excluding carboxylic acids is 2. The van der Waals surface area contributed by atoms with Gasteiger partial charge in [0.05, 0.1) is 11.9 Å². The molecule has 0 aliphatic heterocycles. The first-order chi connectivity index (χ1) is 13.7. The van der Waals surface area contributed by atoms with Crippen molar-refractivity contribution in [3.8, 4) is 11.5 Å². The van der Waals surface area contributed by atoms with Crippen LogP contribution in [0.2, 0.25) is 0 Å². The molecular formula is C21H19N3O4. The molecule has 1 heterocycles. The van der Waals surface area contributed by atoms with Gasteiger partial charge in [-0.2, -0.15) is 0 Å². The van der Waals surface area contributed by atoms with Crippen molar-refractivity contribution in [3.63, 3.8) is 0 Å². The third-order valence-electron chi connectivity index (χ3n) is 3.54. The highest BCUT2D eigenvalue weighted by atomic mass is 16.5. The Bertz CT molecular complexity index is 823. The highest BCUT2D eigenvalue weighted by Gasteiger charge is 2.07. The number of anilines is 2. The van der Waals surface area contributed by atoms with E-state index in [1.165, 1.54) is 6.20 Å². The number of hydrogen-bond acceptors (Lipinski definition) is 5. The first kappa shape index (κ1) is 18.9. The van der Waals surface area contributed by atoms with Gasteiger partial charge < -0.3 is 20.1 Å². The molecule has 0 unspecified atom stereocenters. The Morgan fingerprint density at radius 3 is 1.75 bits per heavy atom. The quantitative estimate of drug-likeness (QED) is 0.630. The molecule has 0 fully saturated rings. The van der Waals surface area contributed by atoms with Crippen LogP contribution in [0.5, 0.6) is 11.5 Å². The normalized spacial score (nSPS) is 10.0. The fourth-order valence-electron chi connectivity index (χ4n) is 2.25. The summed E-state index contributed by atoms with van der Waals surface area (Å²) in [6, 6.07) is 21.4. The summed E-state index contributed by atoms with van der Waals surface area (Å²) in [4.78, 5) is 27.9. The lowest BCUT2D eigenvalue weighted by atomic mass is 10.3. The molecule has 0 atom stereocenters. The maximum atomic E-state index is 11.9. The fourth-order valence-corrected chi connectivity index (χ4v) is 2.25. The minimum Gasteiger partial charge on any atom is -0.484 e. The van der Waals surface area contributed by atoms with Crippen molar-refractivity contribution in [2.45, 2.75) is 0 Å². The molecule has 2 amide bonds. The monoisotopic (exact) mass is 377 g/mol. The molecule has 0 aliphatic carbocycles. The summed E-state index contributed by atoms with van der Waals surface area (Å²) in [7, 11) is 0. The summed E-state index contributed by atoms with van der Waals surface area (Å²) in [6.07, 6.45) is 1.45. The number of pyridine rings is 1. The molecule has 7 nitrogen and oxygen atoms in total. The zero-order chi connectivity index (χ0) is 19.6. The Morgan fingerprint density at radius 2 is 1.25 bits per heavy atom. The van der Waals surface area contributed by atoms with Crippen LogP contribution in [0.1, 0.15) is 0 Å². The predicted molar refractivity (Wildman–Crippen MR) is 105 cm³/mol. The average Bonchev–Trinajstić information content (AvgIpc) is 2.74. The van der Waals surface area contributed by atoms with Crippen LogP contribution in [-0.2, 0) is 9.59 Å². The fraction of sp³-hybridized carbons (Fsp3) is 0.0952. The van der Waals surface area contributed by atoms with Gasteiger partial charge in [0.2, 0.25) is 0 Å². The maximum absolute atomic E-state index is 11.9. The molecule has 1 aromatic heterocycles. The molecule has 142 valence electrons. The van der Waals surface area contributed by atoms with E-state index in [1.807, 2.05) is 36.4 Å². The van der Waals surface area contributed by atoms with Crippen molar-refractivity contribution in [1.29, 1.82) is 0 Å². The van der Waals surface area contributed by atoms with E-state index < -0.39 is 0 Å². The van der Waals surface area contributed by atoms with Crippen LogP contribution in [-0.4, -0.2) is 30.0 Å². The van der Waals surface area contributed by atoms with Gasteiger partial charge in [0.25, 0.3) is 11.8 Å². The van der Waals surface area contributed by atoms with E-state index in [2.05, 4.69) is 15.6 Å². The highest BCUT2D eigenvalue weighted by molar-refractivity contribution is 5.93. The van der Waals surface area contributed by atoms with Crippen molar-refractivity contribution in [2.75, 3.05) is 23.8 Å². The smallest absolute Gasteiger partial charge is 0.263 e. The van der Waals surface area contributed by atoms with Crippen molar-refractivity contribution >= 4 is 23.3 Å². The van der Waals surface area contributed by atoms with Crippen molar-refractivity contribution in [3.05, 3.63) is 79.0 Å². The number of carbonyl (C=O) groups is 2. The molecule has 0 bridgehead atoms. The summed E-state index contributed by atoms with van der Waals surface area (Å²) in [6.45, 7) is -0.236. The molecule has 7 heteroatoms. The van der Waals surface area contributed by atoms with E-state index >= 15 is 0 Å². The lowest BCUT2D eigenvalue weighted by Crippen LogP contribution is -2.21. The van der Waals surface area contributed by atoms with E-state index in [-0.39, 0.29) is 25.0 Å². The number of aromatic nitrogens is 1. The second-order valence-electron chi connectivity index (χ2n) is 5.73. The van der Waals surface area contributed by atoms with Crippen molar-refractivity contribution < 1.29 is 19.1 Å². The van der Waals surface area contributed by atoms with E-state index in [9.17, 15) is 9.59 Å². The largest absolute Gasteiger partial charge is 0.484 e. The minimum absolute atomic E-state index is 0.112. The first-order valence-electron chi connectivity index (χ1n) is 8.60. The number of nitrogens with zero attached hydrogens (tertiary/aromatic N) is 1. The molecule has 0 radical (unpaired) electrons. The Hall–Kier alpha value is -3.87. The van der Waals surface area contributed by atoms with Gasteiger partial charge in [-0.3, -0.25) is 9.59 Å². The average molecular weight is 377 g/mol. The van der Waals surface area contributed by atoms with Crippen LogP contribution < -0.4 is 20.1 Å². The molecule has 0 saturated heterocycles. The van der Waals surface area contributed by atoms with Gasteiger partial charge in [-0.1, -0.05) is 36.4 Å². The van der Waals surface area contributed by atoms with E-state index in [0.717, 1.165) is 0 Å². The molecular weight excluding hydrogens is 358 g/mol. The number of hydrogen-bond donors (Lipinski definition) is 2. The lowest BCUT2D eigenvalue weighted by molar-refractivity contribution is -0.118. The predicted octanol–water partition coefficient (Wildman–Crippen LogP) is 3.12. The first-order valence-corrected chi connectivity index (χ1v) is 8.60. The number of para-hydroxylation sites is 2. The Kier molecular flexibility index (Phi) is 6.57. The SMILES string of the molecule is O=C(COc1ccccc1)Nc1ccc(NC(=O)COc2ccccc2)nc1. The summed E-state index contributed by atoms with van der Waals surface area (Å²) in [5, 5.41) is 5.30. The van der Waals surface area contributed by atoms with Gasteiger partial charge in [-0.05, 0) is 36.4 Å². The van der Waals surface area contributed by atoms with Crippen LogP contribution in [0.25, 0.3) is 0 Å². The summed E-state index contributed by atoms with van der Waals surface area (Å²) in [5.41, 5.74) is 0.500. The molecule has 2 aromatic carbocycles. The topological polar surface area (TPSA) is 89.6 Å². The second kappa shape index (κ2) is 9.72. The third kappa shape index (κ3) is 6.14. The van der Waals surface area contributed by atoms with Crippen molar-refractivity contribution in [1.82, 2.24) is 4.98 Å². The molecule has 0 spiro atoms. The third-order valence-corrected chi connectivity index (χ3v) is 3.54. The van der Waals surface area contributed by atoms with Crippen molar-refractivity contribution in [2.24, 2.45) is 0 Å². The van der Waals surface area contributed by atoms with Gasteiger partial charge in [0.1, 0.15) is 17.3 Å².